The van der Waals surface area contributed by atoms with Crippen molar-refractivity contribution >= 4 is 28.1 Å². The van der Waals surface area contributed by atoms with Crippen LogP contribution in [-0.2, 0) is 11.8 Å². The Balaban J connectivity index is 1.92. The third kappa shape index (κ3) is 3.22. The number of rotatable bonds is 1. The van der Waals surface area contributed by atoms with Gasteiger partial charge in [-0.3, -0.25) is 0 Å². The summed E-state index contributed by atoms with van der Waals surface area (Å²) >= 11 is 6.22. The average Bonchev–Trinajstić information content (AvgIpc) is 2.70. The molecule has 4 rings (SSSR count). The summed E-state index contributed by atoms with van der Waals surface area (Å²) < 4.78 is 0. The highest BCUT2D eigenvalue weighted by atomic mass is 35.5. The minimum absolute atomic E-state index is 0.180. The van der Waals surface area contributed by atoms with Crippen molar-refractivity contribution in [2.75, 3.05) is 0 Å². The Kier molecular flexibility index (Phi) is 4.45. The molecule has 0 N–H and O–H groups in total. The van der Waals surface area contributed by atoms with Crippen LogP contribution < -0.4 is 0 Å². The fourth-order valence-corrected chi connectivity index (χ4v) is 3.80. The van der Waals surface area contributed by atoms with Gasteiger partial charge in [0.2, 0.25) is 5.28 Å². The molecule has 3 aromatic rings. The molecule has 0 bridgehead atoms. The summed E-state index contributed by atoms with van der Waals surface area (Å²) in [6.07, 6.45) is 7.29. The van der Waals surface area contributed by atoms with E-state index in [0.29, 0.717) is 0 Å². The first kappa shape index (κ1) is 17.7. The first-order valence-corrected chi connectivity index (χ1v) is 9.43. The Labute approximate surface area is 164 Å². The second-order valence-electron chi connectivity index (χ2n) is 7.37. The van der Waals surface area contributed by atoms with Gasteiger partial charge in [0.1, 0.15) is 0 Å². The third-order valence-electron chi connectivity index (χ3n) is 5.31. The molecule has 2 aromatic carbocycles. The van der Waals surface area contributed by atoms with E-state index in [1.165, 1.54) is 11.1 Å². The van der Waals surface area contributed by atoms with Gasteiger partial charge in [-0.25, -0.2) is 9.97 Å². The van der Waals surface area contributed by atoms with Crippen LogP contribution in [0, 0.1) is 0 Å². The molecule has 0 amide bonds. The summed E-state index contributed by atoms with van der Waals surface area (Å²) in [7, 11) is 0. The first-order valence-electron chi connectivity index (χ1n) is 9.05. The highest BCUT2D eigenvalue weighted by molar-refractivity contribution is 6.28. The van der Waals surface area contributed by atoms with Gasteiger partial charge in [0.05, 0.1) is 11.2 Å². The lowest BCUT2D eigenvalue weighted by Crippen LogP contribution is -2.20. The highest BCUT2D eigenvalue weighted by Gasteiger charge is 2.26. The van der Waals surface area contributed by atoms with Gasteiger partial charge < -0.3 is 0 Å². The summed E-state index contributed by atoms with van der Waals surface area (Å²) in [5, 5.41) is 1.24. The van der Waals surface area contributed by atoms with Crippen LogP contribution in [0.3, 0.4) is 0 Å². The molecule has 1 heterocycles. The van der Waals surface area contributed by atoms with Crippen LogP contribution in [0.1, 0.15) is 30.7 Å². The van der Waals surface area contributed by atoms with Crippen molar-refractivity contribution in [3.05, 3.63) is 101 Å². The molecule has 1 aromatic heterocycles. The lowest BCUT2D eigenvalue weighted by molar-refractivity contribution is 0.635. The molecule has 2 nitrogen and oxygen atoms in total. The zero-order chi connectivity index (χ0) is 19.0. The predicted molar refractivity (Wildman–Crippen MR) is 114 cm³/mol. The summed E-state index contributed by atoms with van der Waals surface area (Å²) in [6, 6.07) is 16.5. The zero-order valence-electron chi connectivity index (χ0n) is 15.5. The van der Waals surface area contributed by atoms with Crippen LogP contribution in [0.2, 0.25) is 5.28 Å². The molecule has 0 fully saturated rings. The van der Waals surface area contributed by atoms with Crippen molar-refractivity contribution in [2.24, 2.45) is 0 Å². The van der Waals surface area contributed by atoms with Crippen molar-refractivity contribution in [1.82, 2.24) is 9.97 Å². The Morgan fingerprint density at radius 2 is 1.74 bits per heavy atom. The molecular formula is C24H21ClN2. The molecule has 134 valence electrons. The van der Waals surface area contributed by atoms with Crippen LogP contribution in [-0.4, -0.2) is 9.97 Å². The Morgan fingerprint density at radius 3 is 2.59 bits per heavy atom. The van der Waals surface area contributed by atoms with Crippen LogP contribution >= 0.6 is 11.6 Å². The number of para-hydroxylation sites is 1. The van der Waals surface area contributed by atoms with Crippen molar-refractivity contribution in [1.29, 1.82) is 0 Å². The van der Waals surface area contributed by atoms with Gasteiger partial charge >= 0.3 is 0 Å². The van der Waals surface area contributed by atoms with Gasteiger partial charge in [-0.05, 0) is 46.9 Å². The molecule has 1 aliphatic rings. The minimum Gasteiger partial charge on any atom is -0.218 e. The van der Waals surface area contributed by atoms with Crippen molar-refractivity contribution in [3.63, 3.8) is 0 Å². The van der Waals surface area contributed by atoms with E-state index in [2.05, 4.69) is 72.9 Å². The molecule has 0 aliphatic heterocycles. The molecule has 0 spiro atoms. The number of hydrogen-bond acceptors (Lipinski definition) is 2. The summed E-state index contributed by atoms with van der Waals surface area (Å²) in [4.78, 5) is 8.91. The van der Waals surface area contributed by atoms with E-state index in [1.807, 2.05) is 24.3 Å². The molecule has 0 atom stereocenters. The first-order chi connectivity index (χ1) is 13.0. The molecule has 0 radical (unpaired) electrons. The quantitative estimate of drug-likeness (QED) is 0.467. The van der Waals surface area contributed by atoms with Crippen molar-refractivity contribution < 1.29 is 0 Å². The zero-order valence-corrected chi connectivity index (χ0v) is 16.3. The fourth-order valence-electron chi connectivity index (χ4n) is 3.63. The molecule has 0 unspecified atom stereocenters. The second-order valence-corrected chi connectivity index (χ2v) is 7.71. The summed E-state index contributed by atoms with van der Waals surface area (Å²) in [5.74, 6) is 0. The maximum atomic E-state index is 6.22. The smallest absolute Gasteiger partial charge is 0.218 e. The Hall–Kier alpha value is -2.71. The highest BCUT2D eigenvalue weighted by Crippen LogP contribution is 2.37. The fraction of sp³-hybridized carbons (Fsp3) is 0.167. The van der Waals surface area contributed by atoms with Crippen molar-refractivity contribution in [3.8, 4) is 0 Å². The van der Waals surface area contributed by atoms with Gasteiger partial charge in [-0.15, -0.1) is 0 Å². The summed E-state index contributed by atoms with van der Waals surface area (Å²) in [5.41, 5.74) is 6.17. The van der Waals surface area contributed by atoms with Crippen molar-refractivity contribution in [2.45, 2.75) is 25.7 Å². The standard InChI is InChI=1S/C24H21ClN2/c1-16-15-18(22-19-12-5-7-14-21(19)26-23(25)27-22)11-8-10-17-9-4-6-13-20(17)24(16,2)3/h4-9,11-15H,1,10H2,2-3H3/b11-8-,18-15+. The van der Waals surface area contributed by atoms with E-state index in [4.69, 9.17) is 11.6 Å². The van der Waals surface area contributed by atoms with Crippen LogP contribution in [0.5, 0.6) is 0 Å². The van der Waals surface area contributed by atoms with E-state index in [9.17, 15) is 0 Å². The third-order valence-corrected chi connectivity index (χ3v) is 5.48. The minimum atomic E-state index is -0.180. The van der Waals surface area contributed by atoms with E-state index >= 15 is 0 Å². The van der Waals surface area contributed by atoms with Gasteiger partial charge in [0.15, 0.2) is 0 Å². The summed E-state index contributed by atoms with van der Waals surface area (Å²) in [6.45, 7) is 8.84. The maximum Gasteiger partial charge on any atom is 0.223 e. The van der Waals surface area contributed by atoms with Crippen LogP contribution in [0.4, 0.5) is 0 Å². The topological polar surface area (TPSA) is 25.8 Å². The van der Waals surface area contributed by atoms with Gasteiger partial charge in [0.25, 0.3) is 0 Å². The Morgan fingerprint density at radius 1 is 1.00 bits per heavy atom. The molecule has 3 heteroatoms. The number of benzene rings is 2. The van der Waals surface area contributed by atoms with E-state index in [1.54, 1.807) is 0 Å². The van der Waals surface area contributed by atoms with Crippen LogP contribution in [0.25, 0.3) is 16.5 Å². The monoisotopic (exact) mass is 372 g/mol. The van der Waals surface area contributed by atoms with E-state index in [0.717, 1.165) is 34.2 Å². The van der Waals surface area contributed by atoms with Crippen LogP contribution in [0.15, 0.2) is 78.9 Å². The molecule has 1 aliphatic carbocycles. The number of halogens is 1. The molecule has 0 saturated heterocycles. The SMILES string of the molecule is C=C1/C=C(c2nc(Cl)nc3ccccc23)\C=C/Cc2ccccc2C1(C)C. The second kappa shape index (κ2) is 6.79. The normalized spacial score (nSPS) is 19.4. The number of nitrogens with zero attached hydrogens (tertiary/aromatic N) is 2. The lowest BCUT2D eigenvalue weighted by Gasteiger charge is -2.28. The molecule has 0 saturated carbocycles. The number of allylic oxidation sites excluding steroid dienone is 5. The van der Waals surface area contributed by atoms with Gasteiger partial charge in [0, 0.05) is 16.4 Å². The predicted octanol–water partition coefficient (Wildman–Crippen LogP) is 6.31. The molecule has 27 heavy (non-hydrogen) atoms. The maximum absolute atomic E-state index is 6.22. The van der Waals surface area contributed by atoms with E-state index < -0.39 is 0 Å². The number of fused-ring (bicyclic) bond motifs is 2. The number of hydrogen-bond donors (Lipinski definition) is 0. The van der Waals surface area contributed by atoms with Gasteiger partial charge in [-0.1, -0.05) is 75.0 Å². The van der Waals surface area contributed by atoms with Gasteiger partial charge in [-0.2, -0.15) is 0 Å². The van der Waals surface area contributed by atoms with E-state index in [-0.39, 0.29) is 10.7 Å². The molecular weight excluding hydrogens is 352 g/mol. The Bertz CT molecular complexity index is 1110. The number of aromatic nitrogens is 2. The largest absolute Gasteiger partial charge is 0.223 e. The lowest BCUT2D eigenvalue weighted by atomic mass is 9.75. The average molecular weight is 373 g/mol.